The highest BCUT2D eigenvalue weighted by Crippen LogP contribution is 2.11. The highest BCUT2D eigenvalue weighted by molar-refractivity contribution is 5.76. The SMILES string of the molecule is COOCC(CCCCNC(=O)OCc1ccccc1)NC(=O)CCCCCCCCCCn1c(=O)c2c(ncn2C)n(C)c1=O. The molecule has 1 unspecified atom stereocenters. The lowest BCUT2D eigenvalue weighted by Gasteiger charge is -2.18. The van der Waals surface area contributed by atoms with Gasteiger partial charge in [0.15, 0.2) is 11.2 Å². The molecule has 1 aromatic carbocycles. The van der Waals surface area contributed by atoms with Crippen LogP contribution in [-0.4, -0.2) is 57.0 Å². The molecule has 0 fully saturated rings. The first-order valence-electron chi connectivity index (χ1n) is 16.3. The van der Waals surface area contributed by atoms with Crippen molar-refractivity contribution in [2.24, 2.45) is 14.1 Å². The van der Waals surface area contributed by atoms with E-state index in [-0.39, 0.29) is 36.4 Å². The van der Waals surface area contributed by atoms with Crippen molar-refractivity contribution >= 4 is 23.2 Å². The summed E-state index contributed by atoms with van der Waals surface area (Å²) in [6.45, 7) is 1.38. The highest BCUT2D eigenvalue weighted by atomic mass is 17.2. The molecule has 0 aliphatic heterocycles. The molecule has 13 heteroatoms. The topological polar surface area (TPSA) is 148 Å². The Bertz CT molecular complexity index is 1470. The average molecular weight is 643 g/mol. The zero-order valence-electron chi connectivity index (χ0n) is 27.5. The number of nitrogens with zero attached hydrogens (tertiary/aromatic N) is 4. The van der Waals surface area contributed by atoms with E-state index >= 15 is 0 Å². The maximum absolute atomic E-state index is 12.8. The lowest BCUT2D eigenvalue weighted by atomic mass is 10.1. The van der Waals surface area contributed by atoms with Crippen molar-refractivity contribution in [3.63, 3.8) is 0 Å². The van der Waals surface area contributed by atoms with Crippen LogP contribution < -0.4 is 21.9 Å². The number of nitrogens with one attached hydrogen (secondary N) is 2. The van der Waals surface area contributed by atoms with Crippen molar-refractivity contribution in [2.45, 2.75) is 96.2 Å². The number of unbranched alkanes of at least 4 members (excludes halogenated alkanes) is 8. The smallest absolute Gasteiger partial charge is 0.407 e. The molecule has 0 saturated heterocycles. The summed E-state index contributed by atoms with van der Waals surface area (Å²) in [6.07, 6.45) is 11.6. The van der Waals surface area contributed by atoms with Crippen LogP contribution in [0.3, 0.4) is 0 Å². The van der Waals surface area contributed by atoms with Gasteiger partial charge in [-0.2, -0.15) is 0 Å². The second-order valence-electron chi connectivity index (χ2n) is 11.6. The molecule has 46 heavy (non-hydrogen) atoms. The number of carbonyl (C=O) groups excluding carboxylic acids is 2. The van der Waals surface area contributed by atoms with Gasteiger partial charge in [0.1, 0.15) is 13.2 Å². The van der Waals surface area contributed by atoms with Gasteiger partial charge in [-0.3, -0.25) is 18.7 Å². The minimum absolute atomic E-state index is 0.00184. The van der Waals surface area contributed by atoms with Crippen LogP contribution in [0, 0.1) is 0 Å². The standard InChI is InChI=1S/C33H50N6O7/c1-37-25-35-30-29(37)31(41)39(33(43)38(30)2)22-16-9-7-5-4-6-8-13-20-28(40)36-27(24-46-44-3)19-14-15-21-34-32(42)45-23-26-17-11-10-12-18-26/h10-12,17-18,25,27H,4-9,13-16,19-24H2,1-3H3,(H,34,42)(H,36,40). The fourth-order valence-corrected chi connectivity index (χ4v) is 5.34. The second-order valence-corrected chi connectivity index (χ2v) is 11.6. The number of amides is 2. The fourth-order valence-electron chi connectivity index (χ4n) is 5.34. The third-order valence-electron chi connectivity index (χ3n) is 7.95. The van der Waals surface area contributed by atoms with Crippen LogP contribution in [-0.2, 0) is 46.6 Å². The van der Waals surface area contributed by atoms with E-state index in [2.05, 4.69) is 15.6 Å². The van der Waals surface area contributed by atoms with Crippen molar-refractivity contribution in [3.8, 4) is 0 Å². The number of benzene rings is 1. The van der Waals surface area contributed by atoms with Gasteiger partial charge in [-0.1, -0.05) is 68.9 Å². The summed E-state index contributed by atoms with van der Waals surface area (Å²) in [5.41, 5.74) is 1.17. The number of fused-ring (bicyclic) bond motifs is 1. The zero-order chi connectivity index (χ0) is 33.1. The molecule has 0 radical (unpaired) electrons. The molecule has 0 aliphatic carbocycles. The molecule has 2 N–H and O–H groups in total. The van der Waals surface area contributed by atoms with Gasteiger partial charge >= 0.3 is 11.8 Å². The Morgan fingerprint density at radius 2 is 1.61 bits per heavy atom. The van der Waals surface area contributed by atoms with E-state index in [1.165, 1.54) is 16.2 Å². The first-order chi connectivity index (χ1) is 22.3. The molecule has 0 bridgehead atoms. The van der Waals surface area contributed by atoms with Crippen molar-refractivity contribution < 1.29 is 24.1 Å². The number of carbonyl (C=O) groups is 2. The first-order valence-corrected chi connectivity index (χ1v) is 16.3. The summed E-state index contributed by atoms with van der Waals surface area (Å²) in [4.78, 5) is 63.8. The lowest BCUT2D eigenvalue weighted by molar-refractivity contribution is -0.276. The van der Waals surface area contributed by atoms with E-state index in [0.29, 0.717) is 37.1 Å². The largest absolute Gasteiger partial charge is 0.445 e. The van der Waals surface area contributed by atoms with Crippen LogP contribution in [0.25, 0.3) is 11.2 Å². The number of imidazole rings is 1. The minimum atomic E-state index is -0.447. The summed E-state index contributed by atoms with van der Waals surface area (Å²) >= 11 is 0. The first kappa shape index (κ1) is 36.5. The zero-order valence-corrected chi connectivity index (χ0v) is 27.5. The van der Waals surface area contributed by atoms with Gasteiger partial charge in [0.05, 0.1) is 19.5 Å². The Kier molecular flexibility index (Phi) is 16.0. The minimum Gasteiger partial charge on any atom is -0.445 e. The van der Waals surface area contributed by atoms with Gasteiger partial charge in [-0.25, -0.2) is 24.3 Å². The van der Waals surface area contributed by atoms with Gasteiger partial charge in [0.25, 0.3) is 5.56 Å². The Hall–Kier alpha value is -3.97. The van der Waals surface area contributed by atoms with E-state index in [0.717, 1.165) is 69.8 Å². The maximum atomic E-state index is 12.8. The molecule has 0 aliphatic rings. The van der Waals surface area contributed by atoms with Crippen LogP contribution in [0.4, 0.5) is 4.79 Å². The lowest BCUT2D eigenvalue weighted by Crippen LogP contribution is -2.39. The van der Waals surface area contributed by atoms with E-state index in [9.17, 15) is 19.2 Å². The quantitative estimate of drug-likeness (QED) is 0.0946. The summed E-state index contributed by atoms with van der Waals surface area (Å²) in [5, 5.41) is 5.80. The van der Waals surface area contributed by atoms with Crippen LogP contribution in [0.1, 0.15) is 82.6 Å². The molecule has 0 spiro atoms. The molecule has 2 aromatic heterocycles. The Morgan fingerprint density at radius 1 is 0.913 bits per heavy atom. The van der Waals surface area contributed by atoms with E-state index in [1.807, 2.05) is 30.3 Å². The molecule has 0 saturated carbocycles. The summed E-state index contributed by atoms with van der Waals surface area (Å²) in [7, 11) is 4.84. The van der Waals surface area contributed by atoms with Gasteiger partial charge in [-0.15, -0.1) is 0 Å². The molecule has 3 rings (SSSR count). The monoisotopic (exact) mass is 642 g/mol. The van der Waals surface area contributed by atoms with Crippen molar-refractivity contribution in [3.05, 3.63) is 63.1 Å². The Labute approximate surface area is 270 Å². The highest BCUT2D eigenvalue weighted by Gasteiger charge is 2.15. The molecule has 254 valence electrons. The van der Waals surface area contributed by atoms with Crippen molar-refractivity contribution in [1.29, 1.82) is 0 Å². The molecule has 2 heterocycles. The van der Waals surface area contributed by atoms with Crippen LogP contribution in [0.15, 0.2) is 46.2 Å². The number of hydrogen-bond acceptors (Lipinski definition) is 8. The third kappa shape index (κ3) is 12.1. The second kappa shape index (κ2) is 20.2. The third-order valence-corrected chi connectivity index (χ3v) is 7.95. The fraction of sp³-hybridized carbons (Fsp3) is 0.606. The van der Waals surface area contributed by atoms with Crippen LogP contribution >= 0.6 is 0 Å². The predicted octanol–water partition coefficient (Wildman–Crippen LogP) is 4.10. The van der Waals surface area contributed by atoms with Crippen LogP contribution in [0.2, 0.25) is 0 Å². The number of hydrogen-bond donors (Lipinski definition) is 2. The number of ether oxygens (including phenoxy) is 1. The molecular weight excluding hydrogens is 592 g/mol. The Balaban J connectivity index is 1.21. The van der Waals surface area contributed by atoms with E-state index < -0.39 is 6.09 Å². The van der Waals surface area contributed by atoms with Gasteiger partial charge in [0, 0.05) is 33.6 Å². The van der Waals surface area contributed by atoms with Crippen molar-refractivity contribution in [2.75, 3.05) is 20.3 Å². The van der Waals surface area contributed by atoms with Crippen molar-refractivity contribution in [1.82, 2.24) is 29.3 Å². The number of aryl methyl sites for hydroxylation is 2. The molecule has 2 amide bonds. The maximum Gasteiger partial charge on any atom is 0.407 e. The van der Waals surface area contributed by atoms with Gasteiger partial charge in [0.2, 0.25) is 5.91 Å². The number of rotatable bonds is 22. The summed E-state index contributed by atoms with van der Waals surface area (Å²) < 4.78 is 9.61. The van der Waals surface area contributed by atoms with Crippen LogP contribution in [0.5, 0.6) is 0 Å². The molecule has 3 aromatic rings. The number of aromatic nitrogens is 4. The van der Waals surface area contributed by atoms with E-state index in [1.54, 1.807) is 25.0 Å². The predicted molar refractivity (Wildman–Crippen MR) is 175 cm³/mol. The van der Waals surface area contributed by atoms with E-state index in [4.69, 9.17) is 14.5 Å². The molecule has 13 nitrogen and oxygen atoms in total. The molecular formula is C33H50N6O7. The molecule has 1 atom stereocenters. The Morgan fingerprint density at radius 3 is 2.33 bits per heavy atom. The normalized spacial score (nSPS) is 11.9. The average Bonchev–Trinajstić information content (AvgIpc) is 3.45. The van der Waals surface area contributed by atoms with Gasteiger partial charge in [-0.05, 0) is 37.7 Å². The summed E-state index contributed by atoms with van der Waals surface area (Å²) in [5.74, 6) is -0.00184. The van der Waals surface area contributed by atoms with Gasteiger partial charge < -0.3 is 19.9 Å². The summed E-state index contributed by atoms with van der Waals surface area (Å²) in [6, 6.07) is 9.35. The number of alkyl carbamates (subject to hydrolysis) is 1.